The van der Waals surface area contributed by atoms with E-state index in [9.17, 15) is 0 Å². The summed E-state index contributed by atoms with van der Waals surface area (Å²) in [6.07, 6.45) is 0. The van der Waals surface area contributed by atoms with Crippen molar-refractivity contribution in [1.29, 1.82) is 0 Å². The minimum Gasteiger partial charge on any atom is -0.458 e. The molecule has 6 nitrogen and oxygen atoms in total. The van der Waals surface area contributed by atoms with Gasteiger partial charge in [-0.05, 0) is 149 Å². The average Bonchev–Trinajstić information content (AvgIpc) is 2.00. The van der Waals surface area contributed by atoms with Crippen LogP contribution in [0.15, 0.2) is 279 Å². The molecule has 2 aliphatic rings. The Hall–Kier alpha value is -11.3. The van der Waals surface area contributed by atoms with Gasteiger partial charge in [-0.25, -0.2) is 0 Å². The van der Waals surface area contributed by atoms with E-state index in [4.69, 9.17) is 4.74 Å². The van der Waals surface area contributed by atoms with Crippen LogP contribution in [0.3, 0.4) is 0 Å². The molecule has 0 saturated carbocycles. The first-order valence-electron chi connectivity index (χ1n) is 29.4. The molecule has 7 heteroatoms. The number of ether oxygens (including phenoxy) is 1. The van der Waals surface area contributed by atoms with Crippen LogP contribution in [0.5, 0.6) is 11.5 Å². The lowest BCUT2D eigenvalue weighted by Gasteiger charge is -2.33. The van der Waals surface area contributed by atoms with Crippen LogP contribution in [0.4, 0.5) is 0 Å². The molecule has 13 aromatic carbocycles. The molecule has 20 rings (SSSR count). The smallest absolute Gasteiger partial charge is 0.256 e. The van der Waals surface area contributed by atoms with Gasteiger partial charge in [0.15, 0.2) is 0 Å². The Kier molecular flexibility index (Phi) is 8.90. The number of nitrogens with zero attached hydrogens (tertiary/aromatic N) is 5. The maximum atomic E-state index is 7.03. The quantitative estimate of drug-likeness (QED) is 0.158. The van der Waals surface area contributed by atoms with E-state index in [0.29, 0.717) is 0 Å². The minimum atomic E-state index is -0.117. The summed E-state index contributed by atoms with van der Waals surface area (Å²) in [5.74, 6) is 1.78. The zero-order valence-corrected chi connectivity index (χ0v) is 45.8. The molecule has 85 heavy (non-hydrogen) atoms. The molecule has 0 aliphatic carbocycles. The Morgan fingerprint density at radius 1 is 0.235 bits per heavy atom. The molecule has 0 bridgehead atoms. The van der Waals surface area contributed by atoms with Gasteiger partial charge in [0.1, 0.15) is 11.5 Å². The molecule has 0 spiro atoms. The van der Waals surface area contributed by atoms with Crippen molar-refractivity contribution < 1.29 is 4.74 Å². The van der Waals surface area contributed by atoms with Gasteiger partial charge in [-0.15, -0.1) is 0 Å². The molecule has 0 amide bonds. The predicted molar refractivity (Wildman–Crippen MR) is 355 cm³/mol. The standard InChI is InChI=1S/C78H46BN5O/c1-2-17-47(18-3-1)48-33-40-75-63(41-48)79-64-46-52(83-70-30-15-9-24-58(70)60-43-50(35-38-72(60)83)81-67-27-12-6-21-55(67)56-22-7-13-28-68(56)81)45-62-61-44-51(36-39-73(61)84(78(62)64)74-31-16-32-76(85-75)77(74)79)82-69-29-14-8-23-57(69)59-42-49(34-37-71(59)82)80-65-25-10-4-19-53(65)54-20-5-11-26-66(54)80/h1-46H. The SMILES string of the molecule is c1ccc(-c2ccc3c(c2)B2c4c(cccc4-n4c5ccc(-n6c7ccccc7c7cc(-n8c9ccccc9c9ccccc98)ccc76)cc5c5cc(-n6c7ccccc7c7cc(-n8c9ccccc9c9ccccc98)ccc76)cc2c54)O3)cc1. The first kappa shape index (κ1) is 45.4. The van der Waals surface area contributed by atoms with E-state index in [0.717, 1.165) is 62.0 Å². The van der Waals surface area contributed by atoms with Crippen LogP contribution < -0.4 is 21.1 Å². The van der Waals surface area contributed by atoms with E-state index in [1.165, 1.54) is 114 Å². The molecule has 392 valence electrons. The monoisotopic (exact) mass is 1080 g/mol. The number of rotatable bonds is 5. The Bertz CT molecular complexity index is 5860. The first-order chi connectivity index (χ1) is 42.2. The summed E-state index contributed by atoms with van der Waals surface area (Å²) in [4.78, 5) is 0. The van der Waals surface area contributed by atoms with Crippen LogP contribution in [0.1, 0.15) is 0 Å². The first-order valence-corrected chi connectivity index (χ1v) is 29.4. The summed E-state index contributed by atoms with van der Waals surface area (Å²) >= 11 is 0. The highest BCUT2D eigenvalue weighted by Crippen LogP contribution is 2.44. The molecule has 0 fully saturated rings. The third-order valence-electron chi connectivity index (χ3n) is 18.9. The highest BCUT2D eigenvalue weighted by molar-refractivity contribution is 6.99. The Morgan fingerprint density at radius 2 is 0.635 bits per heavy atom. The van der Waals surface area contributed by atoms with Crippen molar-refractivity contribution in [3.63, 3.8) is 0 Å². The van der Waals surface area contributed by atoms with Gasteiger partial charge >= 0.3 is 0 Å². The maximum absolute atomic E-state index is 7.03. The second-order valence-corrected chi connectivity index (χ2v) is 23.2. The Balaban J connectivity index is 0.857. The summed E-state index contributed by atoms with van der Waals surface area (Å²) in [6.45, 7) is -0.117. The van der Waals surface area contributed by atoms with Gasteiger partial charge < -0.3 is 27.6 Å². The molecule has 0 saturated heterocycles. The summed E-state index contributed by atoms with van der Waals surface area (Å²) in [5.41, 5.74) is 23.4. The van der Waals surface area contributed by atoms with Crippen LogP contribution in [-0.2, 0) is 0 Å². The summed E-state index contributed by atoms with van der Waals surface area (Å²) < 4.78 is 19.4. The van der Waals surface area contributed by atoms with Crippen molar-refractivity contribution in [3.8, 4) is 51.1 Å². The molecule has 0 unspecified atom stereocenters. The van der Waals surface area contributed by atoms with Crippen LogP contribution in [0, 0.1) is 0 Å². The summed E-state index contributed by atoms with van der Waals surface area (Å²) in [6, 6.07) is 103. The third kappa shape index (κ3) is 6.07. The number of fused-ring (bicyclic) bond motifs is 19. The van der Waals surface area contributed by atoms with Crippen LogP contribution >= 0.6 is 0 Å². The van der Waals surface area contributed by atoms with Gasteiger partial charge in [0.25, 0.3) is 6.71 Å². The molecular formula is C78H46BN5O. The average molecular weight is 1080 g/mol. The van der Waals surface area contributed by atoms with E-state index in [1.807, 2.05) is 0 Å². The largest absolute Gasteiger partial charge is 0.458 e. The molecule has 7 heterocycles. The molecule has 0 N–H and O–H groups in total. The molecule has 18 aromatic rings. The van der Waals surface area contributed by atoms with E-state index in [1.54, 1.807) is 0 Å². The van der Waals surface area contributed by atoms with Crippen molar-refractivity contribution in [2.45, 2.75) is 0 Å². The van der Waals surface area contributed by atoms with Crippen LogP contribution in [-0.4, -0.2) is 29.5 Å². The van der Waals surface area contributed by atoms with E-state index in [-0.39, 0.29) is 6.71 Å². The number of hydrogen-bond acceptors (Lipinski definition) is 1. The lowest BCUT2D eigenvalue weighted by molar-refractivity contribution is 0.487. The van der Waals surface area contributed by atoms with E-state index in [2.05, 4.69) is 302 Å². The van der Waals surface area contributed by atoms with Crippen molar-refractivity contribution in [3.05, 3.63) is 279 Å². The van der Waals surface area contributed by atoms with Crippen molar-refractivity contribution >= 4 is 132 Å². The maximum Gasteiger partial charge on any atom is 0.256 e. The van der Waals surface area contributed by atoms with Gasteiger partial charge in [0, 0.05) is 87.8 Å². The van der Waals surface area contributed by atoms with Gasteiger partial charge in [-0.1, -0.05) is 158 Å². The topological polar surface area (TPSA) is 33.9 Å². The minimum absolute atomic E-state index is 0.117. The number of para-hydroxylation sites is 6. The van der Waals surface area contributed by atoms with Gasteiger partial charge in [0.2, 0.25) is 0 Å². The molecule has 0 radical (unpaired) electrons. The van der Waals surface area contributed by atoms with Crippen molar-refractivity contribution in [1.82, 2.24) is 22.8 Å². The predicted octanol–water partition coefficient (Wildman–Crippen LogP) is 17.8. The third-order valence-corrected chi connectivity index (χ3v) is 18.9. The Labute approximate surface area is 487 Å². The highest BCUT2D eigenvalue weighted by Gasteiger charge is 2.41. The second-order valence-electron chi connectivity index (χ2n) is 23.2. The van der Waals surface area contributed by atoms with Gasteiger partial charge in [-0.2, -0.15) is 0 Å². The van der Waals surface area contributed by atoms with Gasteiger partial charge in [-0.3, -0.25) is 0 Å². The summed E-state index contributed by atoms with van der Waals surface area (Å²) in [5, 5.41) is 12.3. The summed E-state index contributed by atoms with van der Waals surface area (Å²) in [7, 11) is 0. The number of aromatic nitrogens is 5. The highest BCUT2D eigenvalue weighted by atomic mass is 16.5. The van der Waals surface area contributed by atoms with E-state index >= 15 is 0 Å². The number of benzene rings is 13. The zero-order chi connectivity index (χ0) is 55.2. The lowest BCUT2D eigenvalue weighted by Crippen LogP contribution is -2.58. The lowest BCUT2D eigenvalue weighted by atomic mass is 9.34. The van der Waals surface area contributed by atoms with Crippen LogP contribution in [0.25, 0.3) is 149 Å². The fourth-order valence-electron chi connectivity index (χ4n) is 15.4. The molecule has 0 atom stereocenters. The van der Waals surface area contributed by atoms with Crippen LogP contribution in [0.2, 0.25) is 0 Å². The van der Waals surface area contributed by atoms with E-state index < -0.39 is 0 Å². The zero-order valence-electron chi connectivity index (χ0n) is 45.8. The normalized spacial score (nSPS) is 12.8. The van der Waals surface area contributed by atoms with Crippen molar-refractivity contribution in [2.75, 3.05) is 0 Å². The fourth-order valence-corrected chi connectivity index (χ4v) is 15.4. The Morgan fingerprint density at radius 3 is 1.13 bits per heavy atom. The second kappa shape index (κ2) is 16.7. The molecule has 5 aromatic heterocycles. The molecular weight excluding hydrogens is 1030 g/mol. The molecule has 2 aliphatic heterocycles. The fraction of sp³-hybridized carbons (Fsp3) is 0. The van der Waals surface area contributed by atoms with Gasteiger partial charge in [0.05, 0.1) is 49.7 Å². The number of hydrogen-bond donors (Lipinski definition) is 0. The van der Waals surface area contributed by atoms with Crippen molar-refractivity contribution in [2.24, 2.45) is 0 Å².